The second kappa shape index (κ2) is 7.32. The third-order valence-corrected chi connectivity index (χ3v) is 10.4. The molecule has 0 radical (unpaired) electrons. The number of benzene rings is 1. The van der Waals surface area contributed by atoms with Crippen LogP contribution in [0.1, 0.15) is 47.1 Å². The van der Waals surface area contributed by atoms with Crippen LogP contribution in [0.2, 0.25) is 16.6 Å². The van der Waals surface area contributed by atoms with Crippen molar-refractivity contribution in [1.82, 2.24) is 0 Å². The summed E-state index contributed by atoms with van der Waals surface area (Å²) in [6.07, 6.45) is 0. The van der Waals surface area contributed by atoms with Crippen molar-refractivity contribution in [2.75, 3.05) is 7.11 Å². The van der Waals surface area contributed by atoms with Gasteiger partial charge in [0, 0.05) is 11.6 Å². The summed E-state index contributed by atoms with van der Waals surface area (Å²) in [5.41, 5.74) is 2.37. The molecule has 0 unspecified atom stereocenters. The monoisotopic (exact) mass is 310 g/mol. The van der Waals surface area contributed by atoms with Crippen LogP contribution in [0.5, 0.6) is 11.5 Å². The minimum absolute atomic E-state index is 0.0232. The summed E-state index contributed by atoms with van der Waals surface area (Å²) in [6, 6.07) is 5.73. The fraction of sp³-hybridized carbons (Fsp3) is 0.647. The molecule has 1 aromatic carbocycles. The maximum absolute atomic E-state index is 9.33. The highest BCUT2D eigenvalue weighted by Crippen LogP contribution is 2.43. The van der Waals surface area contributed by atoms with E-state index in [-0.39, 0.29) is 6.61 Å². The minimum atomic E-state index is -1.95. The molecule has 1 N–H and O–H groups in total. The summed E-state index contributed by atoms with van der Waals surface area (Å²) in [6.45, 7) is 13.6. The van der Waals surface area contributed by atoms with Crippen LogP contribution >= 0.6 is 0 Å². The number of aliphatic hydroxyl groups excluding tert-OH is 1. The van der Waals surface area contributed by atoms with Gasteiger partial charge in [-0.2, -0.15) is 0 Å². The third kappa shape index (κ3) is 3.61. The maximum Gasteiger partial charge on any atom is 0.258 e. The SMILES string of the molecule is COc1cc(O[Si](C(C)C)(C(C)C)C(C)C)ccc1CO. The predicted octanol–water partition coefficient (Wildman–Crippen LogP) is 4.74. The summed E-state index contributed by atoms with van der Waals surface area (Å²) in [5.74, 6) is 1.54. The van der Waals surface area contributed by atoms with Crippen LogP contribution in [-0.4, -0.2) is 20.5 Å². The topological polar surface area (TPSA) is 38.7 Å². The smallest absolute Gasteiger partial charge is 0.258 e. The molecule has 0 aliphatic heterocycles. The molecule has 1 aromatic rings. The number of methoxy groups -OCH3 is 1. The van der Waals surface area contributed by atoms with Crippen molar-refractivity contribution in [3.63, 3.8) is 0 Å². The minimum Gasteiger partial charge on any atom is -0.543 e. The number of ether oxygens (including phenoxy) is 1. The van der Waals surface area contributed by atoms with Crippen molar-refractivity contribution in [3.05, 3.63) is 23.8 Å². The average Bonchev–Trinajstić information content (AvgIpc) is 2.43. The number of aliphatic hydroxyl groups is 1. The standard InChI is InChI=1S/C17H30O3Si/c1-12(2)21(13(3)4,14(5)6)20-16-9-8-15(11-18)17(10-16)19-7/h8-10,12-14,18H,11H2,1-7H3. The van der Waals surface area contributed by atoms with Crippen LogP contribution in [0.4, 0.5) is 0 Å². The normalized spacial score (nSPS) is 12.3. The predicted molar refractivity (Wildman–Crippen MR) is 90.6 cm³/mol. The van der Waals surface area contributed by atoms with Gasteiger partial charge >= 0.3 is 0 Å². The molecule has 0 fully saturated rings. The Morgan fingerprint density at radius 1 is 1.00 bits per heavy atom. The van der Waals surface area contributed by atoms with Crippen molar-refractivity contribution in [2.24, 2.45) is 0 Å². The van der Waals surface area contributed by atoms with Gasteiger partial charge in [-0.3, -0.25) is 0 Å². The highest BCUT2D eigenvalue weighted by Gasteiger charge is 2.47. The van der Waals surface area contributed by atoms with Crippen LogP contribution in [0, 0.1) is 0 Å². The van der Waals surface area contributed by atoms with Gasteiger partial charge in [0.05, 0.1) is 13.7 Å². The Hall–Kier alpha value is -1.00. The van der Waals surface area contributed by atoms with Gasteiger partial charge in [0.15, 0.2) is 0 Å². The molecule has 0 amide bonds. The molecule has 0 atom stereocenters. The average molecular weight is 311 g/mol. The van der Waals surface area contributed by atoms with Gasteiger partial charge in [-0.05, 0) is 28.8 Å². The van der Waals surface area contributed by atoms with Crippen LogP contribution < -0.4 is 9.16 Å². The van der Waals surface area contributed by atoms with Gasteiger partial charge in [-0.1, -0.05) is 41.5 Å². The molecule has 4 heteroatoms. The van der Waals surface area contributed by atoms with Gasteiger partial charge in [-0.25, -0.2) is 0 Å². The summed E-state index contributed by atoms with van der Waals surface area (Å²) in [5, 5.41) is 9.33. The fourth-order valence-electron chi connectivity index (χ4n) is 3.48. The second-order valence-corrected chi connectivity index (χ2v) is 11.9. The van der Waals surface area contributed by atoms with Crippen LogP contribution in [0.3, 0.4) is 0 Å². The van der Waals surface area contributed by atoms with E-state index < -0.39 is 8.32 Å². The Kier molecular flexibility index (Phi) is 6.29. The van der Waals surface area contributed by atoms with Gasteiger partial charge < -0.3 is 14.3 Å². The molecule has 3 nitrogen and oxygen atoms in total. The molecule has 0 heterocycles. The highest BCUT2D eigenvalue weighted by atomic mass is 28.4. The van der Waals surface area contributed by atoms with Gasteiger partial charge in [0.25, 0.3) is 8.32 Å². The van der Waals surface area contributed by atoms with Gasteiger partial charge in [-0.15, -0.1) is 0 Å². The Bertz CT molecular complexity index is 434. The van der Waals surface area contributed by atoms with Crippen LogP contribution in [0.15, 0.2) is 18.2 Å². The van der Waals surface area contributed by atoms with E-state index in [0.29, 0.717) is 22.4 Å². The molecule has 0 saturated heterocycles. The van der Waals surface area contributed by atoms with E-state index in [1.807, 2.05) is 18.2 Å². The third-order valence-electron chi connectivity index (χ3n) is 4.43. The lowest BCUT2D eigenvalue weighted by Gasteiger charge is -2.42. The van der Waals surface area contributed by atoms with E-state index in [1.165, 1.54) is 0 Å². The van der Waals surface area contributed by atoms with E-state index in [4.69, 9.17) is 9.16 Å². The molecule has 0 aliphatic rings. The Labute approximate surface area is 130 Å². The molecule has 0 saturated carbocycles. The van der Waals surface area contributed by atoms with E-state index in [1.54, 1.807) is 7.11 Å². The molecule has 1 rings (SSSR count). The first-order chi connectivity index (χ1) is 9.79. The number of hydrogen-bond donors (Lipinski definition) is 1. The summed E-state index contributed by atoms with van der Waals surface area (Å²) < 4.78 is 12.0. The van der Waals surface area contributed by atoms with E-state index in [2.05, 4.69) is 41.5 Å². The fourth-order valence-corrected chi connectivity index (χ4v) is 8.72. The van der Waals surface area contributed by atoms with Gasteiger partial charge in [0.2, 0.25) is 0 Å². The molecular formula is C17H30O3Si. The first-order valence-corrected chi connectivity index (χ1v) is 9.90. The molecule has 0 aromatic heterocycles. The zero-order chi connectivity index (χ0) is 16.2. The molecule has 21 heavy (non-hydrogen) atoms. The lowest BCUT2D eigenvalue weighted by Crippen LogP contribution is -2.50. The highest BCUT2D eigenvalue weighted by molar-refractivity contribution is 6.78. The summed E-state index contributed by atoms with van der Waals surface area (Å²) >= 11 is 0. The quantitative estimate of drug-likeness (QED) is 0.739. The van der Waals surface area contributed by atoms with Crippen molar-refractivity contribution in [3.8, 4) is 11.5 Å². The largest absolute Gasteiger partial charge is 0.543 e. The van der Waals surface area contributed by atoms with Crippen LogP contribution in [0.25, 0.3) is 0 Å². The van der Waals surface area contributed by atoms with Gasteiger partial charge in [0.1, 0.15) is 11.5 Å². The molecule has 0 spiro atoms. The molecule has 120 valence electrons. The zero-order valence-electron chi connectivity index (χ0n) is 14.4. The van der Waals surface area contributed by atoms with E-state index in [9.17, 15) is 5.11 Å². The van der Waals surface area contributed by atoms with Crippen molar-refractivity contribution in [2.45, 2.75) is 64.8 Å². The maximum atomic E-state index is 9.33. The Morgan fingerprint density at radius 2 is 1.52 bits per heavy atom. The Balaban J connectivity index is 3.21. The van der Waals surface area contributed by atoms with E-state index >= 15 is 0 Å². The molecule has 0 aliphatic carbocycles. The second-order valence-electron chi connectivity index (χ2n) is 6.55. The van der Waals surface area contributed by atoms with E-state index in [0.717, 1.165) is 11.3 Å². The zero-order valence-corrected chi connectivity index (χ0v) is 15.4. The molecular weight excluding hydrogens is 280 g/mol. The first-order valence-electron chi connectivity index (χ1n) is 7.76. The number of rotatable bonds is 7. The Morgan fingerprint density at radius 3 is 1.90 bits per heavy atom. The number of hydrogen-bond acceptors (Lipinski definition) is 3. The first kappa shape index (κ1) is 18.0. The lowest BCUT2D eigenvalue weighted by atomic mass is 10.2. The van der Waals surface area contributed by atoms with Crippen molar-refractivity contribution >= 4 is 8.32 Å². The lowest BCUT2D eigenvalue weighted by molar-refractivity contribution is 0.273. The summed E-state index contributed by atoms with van der Waals surface area (Å²) in [7, 11) is -0.328. The molecule has 0 bridgehead atoms. The van der Waals surface area contributed by atoms with Crippen molar-refractivity contribution in [1.29, 1.82) is 0 Å². The summed E-state index contributed by atoms with van der Waals surface area (Å²) in [4.78, 5) is 0. The van der Waals surface area contributed by atoms with Crippen molar-refractivity contribution < 1.29 is 14.3 Å². The van der Waals surface area contributed by atoms with Crippen LogP contribution in [-0.2, 0) is 6.61 Å².